The molecule has 0 aliphatic carbocycles. The van der Waals surface area contributed by atoms with Gasteiger partial charge < -0.3 is 9.73 Å². The van der Waals surface area contributed by atoms with Gasteiger partial charge in [0.25, 0.3) is 5.91 Å². The number of benzene rings is 2. The summed E-state index contributed by atoms with van der Waals surface area (Å²) >= 11 is 5.20. The van der Waals surface area contributed by atoms with Gasteiger partial charge in [0, 0.05) is 16.8 Å². The molecule has 0 unspecified atom stereocenters. The minimum absolute atomic E-state index is 0.295. The molecule has 0 aliphatic rings. The van der Waals surface area contributed by atoms with Crippen LogP contribution in [-0.4, -0.2) is 21.2 Å². The highest BCUT2D eigenvalue weighted by molar-refractivity contribution is 7.80. The van der Waals surface area contributed by atoms with Crippen LogP contribution in [0.15, 0.2) is 59.3 Å². The van der Waals surface area contributed by atoms with Gasteiger partial charge in [-0.1, -0.05) is 26.0 Å². The number of nitrogens with zero attached hydrogens (tertiary/aromatic N) is 2. The Morgan fingerprint density at radius 3 is 2.33 bits per heavy atom. The minimum atomic E-state index is -0.314. The summed E-state index contributed by atoms with van der Waals surface area (Å²) in [7, 11) is 0. The van der Waals surface area contributed by atoms with Crippen molar-refractivity contribution in [3.63, 3.8) is 0 Å². The first kappa shape index (κ1) is 18.5. The number of carbonyl (C=O) groups is 1. The summed E-state index contributed by atoms with van der Waals surface area (Å²) in [6.45, 7) is 4.28. The van der Waals surface area contributed by atoms with Crippen molar-refractivity contribution in [2.45, 2.75) is 19.8 Å². The molecule has 0 radical (unpaired) electrons. The van der Waals surface area contributed by atoms with Crippen LogP contribution < -0.4 is 16.2 Å². The molecule has 0 fully saturated rings. The highest BCUT2D eigenvalue weighted by Crippen LogP contribution is 2.17. The summed E-state index contributed by atoms with van der Waals surface area (Å²) in [6, 6.07) is 14.8. The van der Waals surface area contributed by atoms with Crippen LogP contribution in [0.3, 0.4) is 0 Å². The van der Waals surface area contributed by atoms with Crippen molar-refractivity contribution >= 4 is 28.9 Å². The maximum atomic E-state index is 12.2. The van der Waals surface area contributed by atoms with Crippen LogP contribution in [0.2, 0.25) is 0 Å². The molecular weight excluding hydrogens is 362 g/mol. The number of hydrogen-bond acceptors (Lipinski definition) is 5. The van der Waals surface area contributed by atoms with Crippen LogP contribution in [0.25, 0.3) is 11.5 Å². The number of anilines is 1. The highest BCUT2D eigenvalue weighted by Gasteiger charge is 2.08. The zero-order valence-electron chi connectivity index (χ0n) is 14.9. The monoisotopic (exact) mass is 381 g/mol. The van der Waals surface area contributed by atoms with Crippen molar-refractivity contribution in [3.05, 3.63) is 66.1 Å². The van der Waals surface area contributed by atoms with Gasteiger partial charge in [-0.05, 0) is 60.1 Å². The molecule has 1 heterocycles. The predicted octanol–water partition coefficient (Wildman–Crippen LogP) is 3.49. The second-order valence-electron chi connectivity index (χ2n) is 6.13. The lowest BCUT2D eigenvalue weighted by atomic mass is 10.0. The Morgan fingerprint density at radius 1 is 1.04 bits per heavy atom. The fourth-order valence-corrected chi connectivity index (χ4v) is 2.53. The molecule has 1 aromatic heterocycles. The van der Waals surface area contributed by atoms with E-state index in [-0.39, 0.29) is 5.91 Å². The number of carbonyl (C=O) groups excluding carboxylic acids is 1. The van der Waals surface area contributed by atoms with Crippen molar-refractivity contribution in [3.8, 4) is 11.5 Å². The van der Waals surface area contributed by atoms with Crippen molar-refractivity contribution in [1.29, 1.82) is 0 Å². The number of hydrazine groups is 1. The van der Waals surface area contributed by atoms with E-state index in [2.05, 4.69) is 40.2 Å². The molecule has 0 aliphatic heterocycles. The lowest BCUT2D eigenvalue weighted by Crippen LogP contribution is -2.43. The van der Waals surface area contributed by atoms with Gasteiger partial charge in [0.15, 0.2) is 5.11 Å². The SMILES string of the molecule is CC(C)c1ccc(NC(=S)NNC(=O)c2ccc(-c3nnco3)cc2)cc1. The summed E-state index contributed by atoms with van der Waals surface area (Å²) < 4.78 is 5.12. The molecule has 0 spiro atoms. The molecule has 2 aromatic carbocycles. The summed E-state index contributed by atoms with van der Waals surface area (Å²) in [6.07, 6.45) is 1.25. The van der Waals surface area contributed by atoms with Crippen molar-refractivity contribution in [2.24, 2.45) is 0 Å². The Morgan fingerprint density at radius 2 is 1.74 bits per heavy atom. The lowest BCUT2D eigenvalue weighted by molar-refractivity contribution is 0.0944. The Bertz CT molecular complexity index is 906. The third-order valence-corrected chi connectivity index (χ3v) is 4.08. The summed E-state index contributed by atoms with van der Waals surface area (Å²) in [5.41, 5.74) is 8.54. The predicted molar refractivity (Wildman–Crippen MR) is 107 cm³/mol. The molecule has 0 saturated carbocycles. The van der Waals surface area contributed by atoms with Gasteiger partial charge in [-0.25, -0.2) is 0 Å². The number of rotatable bonds is 4. The largest absolute Gasteiger partial charge is 0.423 e. The van der Waals surface area contributed by atoms with Crippen molar-refractivity contribution in [1.82, 2.24) is 21.0 Å². The summed E-state index contributed by atoms with van der Waals surface area (Å²) in [4.78, 5) is 12.2. The van der Waals surface area contributed by atoms with Gasteiger partial charge in [-0.2, -0.15) is 0 Å². The average molecular weight is 381 g/mol. The maximum Gasteiger partial charge on any atom is 0.269 e. The van der Waals surface area contributed by atoms with Gasteiger partial charge >= 0.3 is 0 Å². The van der Waals surface area contributed by atoms with E-state index in [1.165, 1.54) is 12.0 Å². The van der Waals surface area contributed by atoms with Crippen LogP contribution in [-0.2, 0) is 0 Å². The fraction of sp³-hybridized carbons (Fsp3) is 0.158. The first-order chi connectivity index (χ1) is 13.0. The molecule has 138 valence electrons. The van der Waals surface area contributed by atoms with E-state index in [0.717, 1.165) is 11.3 Å². The van der Waals surface area contributed by atoms with Crippen LogP contribution in [0.1, 0.15) is 35.7 Å². The third kappa shape index (κ3) is 4.89. The van der Waals surface area contributed by atoms with Gasteiger partial charge in [-0.15, -0.1) is 10.2 Å². The van der Waals surface area contributed by atoms with Crippen LogP contribution in [0.5, 0.6) is 0 Å². The lowest BCUT2D eigenvalue weighted by Gasteiger charge is -2.12. The molecule has 8 heteroatoms. The van der Waals surface area contributed by atoms with E-state index in [4.69, 9.17) is 16.6 Å². The Labute approximate surface area is 162 Å². The Balaban J connectivity index is 1.51. The normalized spacial score (nSPS) is 10.5. The third-order valence-electron chi connectivity index (χ3n) is 3.88. The van der Waals surface area contributed by atoms with Gasteiger partial charge in [0.1, 0.15) is 0 Å². The standard InChI is InChI=1S/C19H19N5O2S/c1-12(2)13-7-9-16(10-8-13)21-19(27)24-22-17(25)14-3-5-15(6-4-14)18-23-20-11-26-18/h3-12H,1-2H3,(H,22,25)(H2,21,24,27). The molecule has 3 rings (SSSR count). The zero-order valence-corrected chi connectivity index (χ0v) is 15.7. The molecule has 3 aromatic rings. The Kier molecular flexibility index (Phi) is 5.77. The topological polar surface area (TPSA) is 92.1 Å². The van der Waals surface area contributed by atoms with Gasteiger partial charge in [0.05, 0.1) is 0 Å². The van der Waals surface area contributed by atoms with Crippen LogP contribution >= 0.6 is 12.2 Å². The van der Waals surface area contributed by atoms with Crippen LogP contribution in [0, 0.1) is 0 Å². The maximum absolute atomic E-state index is 12.2. The van der Waals surface area contributed by atoms with Crippen molar-refractivity contribution in [2.75, 3.05) is 5.32 Å². The molecule has 7 nitrogen and oxygen atoms in total. The molecule has 3 N–H and O–H groups in total. The van der Waals surface area contributed by atoms with Gasteiger partial charge in [-0.3, -0.25) is 15.6 Å². The van der Waals surface area contributed by atoms with E-state index in [1.54, 1.807) is 24.3 Å². The second kappa shape index (κ2) is 8.41. The van der Waals surface area contributed by atoms with E-state index in [0.29, 0.717) is 22.5 Å². The zero-order chi connectivity index (χ0) is 19.2. The number of hydrogen-bond donors (Lipinski definition) is 3. The smallest absolute Gasteiger partial charge is 0.269 e. The fourth-order valence-electron chi connectivity index (χ4n) is 2.36. The molecular formula is C19H19N5O2S. The second-order valence-corrected chi connectivity index (χ2v) is 6.54. The Hall–Kier alpha value is -3.26. The number of nitrogens with one attached hydrogen (secondary N) is 3. The van der Waals surface area contributed by atoms with Crippen molar-refractivity contribution < 1.29 is 9.21 Å². The molecule has 0 saturated heterocycles. The van der Waals surface area contributed by atoms with E-state index >= 15 is 0 Å². The van der Waals surface area contributed by atoms with E-state index < -0.39 is 0 Å². The summed E-state index contributed by atoms with van der Waals surface area (Å²) in [5, 5.41) is 10.8. The quantitative estimate of drug-likeness (QED) is 0.471. The minimum Gasteiger partial charge on any atom is -0.423 e. The first-order valence-corrected chi connectivity index (χ1v) is 8.77. The van der Waals surface area contributed by atoms with Gasteiger partial charge in [0.2, 0.25) is 12.3 Å². The molecule has 0 bridgehead atoms. The number of amides is 1. The number of thiocarbonyl (C=S) groups is 1. The van der Waals surface area contributed by atoms with Crippen LogP contribution in [0.4, 0.5) is 5.69 Å². The van der Waals surface area contributed by atoms with E-state index in [9.17, 15) is 4.79 Å². The molecule has 27 heavy (non-hydrogen) atoms. The first-order valence-electron chi connectivity index (χ1n) is 8.37. The average Bonchev–Trinajstić information content (AvgIpc) is 3.21. The number of aromatic nitrogens is 2. The highest BCUT2D eigenvalue weighted by atomic mass is 32.1. The summed E-state index contributed by atoms with van der Waals surface area (Å²) in [5.74, 6) is 0.551. The van der Waals surface area contributed by atoms with E-state index in [1.807, 2.05) is 24.3 Å². The molecule has 1 amide bonds. The molecule has 0 atom stereocenters.